The lowest BCUT2D eigenvalue weighted by atomic mass is 9.93. The number of rotatable bonds is 11. The molecule has 0 heterocycles. The Morgan fingerprint density at radius 3 is 2.09 bits per heavy atom. The second kappa shape index (κ2) is 11.4. The predicted molar refractivity (Wildman–Crippen MR) is 132 cm³/mol. The molecule has 188 valence electrons. The molecule has 2 aromatic rings. The Hall–Kier alpha value is -3.39. The van der Waals surface area contributed by atoms with E-state index in [-0.39, 0.29) is 31.5 Å². The maximum Gasteiger partial charge on any atom is 0.407 e. The number of carboxylic acid groups (broad SMARTS) is 1. The predicted octanol–water partition coefficient (Wildman–Crippen LogP) is 3.94. The van der Waals surface area contributed by atoms with Crippen LogP contribution in [0.2, 0.25) is 0 Å². The number of fused-ring (bicyclic) bond motifs is 3. The highest BCUT2D eigenvalue weighted by Crippen LogP contribution is 2.44. The highest BCUT2D eigenvalue weighted by molar-refractivity contribution is 5.91. The van der Waals surface area contributed by atoms with Gasteiger partial charge in [0.1, 0.15) is 12.6 Å². The van der Waals surface area contributed by atoms with Crippen LogP contribution in [0.1, 0.15) is 50.7 Å². The summed E-state index contributed by atoms with van der Waals surface area (Å²) >= 11 is 0. The van der Waals surface area contributed by atoms with Gasteiger partial charge in [0.25, 0.3) is 0 Å². The summed E-state index contributed by atoms with van der Waals surface area (Å²) < 4.78 is 10.6. The molecule has 0 spiro atoms. The van der Waals surface area contributed by atoms with Crippen LogP contribution in [0, 0.1) is 5.92 Å². The lowest BCUT2D eigenvalue weighted by Gasteiger charge is -2.32. The van der Waals surface area contributed by atoms with Crippen molar-refractivity contribution in [2.45, 2.75) is 51.1 Å². The number of hydrogen-bond acceptors (Lipinski definition) is 5. The molecule has 0 aromatic heterocycles. The zero-order valence-electron chi connectivity index (χ0n) is 20.7. The van der Waals surface area contributed by atoms with Crippen molar-refractivity contribution in [3.05, 3.63) is 59.7 Å². The molecular formula is C27H34N2O6. The fraction of sp³-hybridized carbons (Fsp3) is 0.444. The summed E-state index contributed by atoms with van der Waals surface area (Å²) in [5.74, 6) is -2.14. The normalized spacial score (nSPS) is 15.8. The van der Waals surface area contributed by atoms with Crippen LogP contribution >= 0.6 is 0 Å². The Labute approximate surface area is 206 Å². The van der Waals surface area contributed by atoms with Crippen LogP contribution in [0.4, 0.5) is 4.79 Å². The molecule has 3 atom stereocenters. The van der Waals surface area contributed by atoms with Crippen LogP contribution in [-0.2, 0) is 19.1 Å². The molecule has 0 bridgehead atoms. The molecule has 0 saturated carbocycles. The number of nitrogens with one attached hydrogen (secondary N) is 2. The van der Waals surface area contributed by atoms with Gasteiger partial charge in [-0.2, -0.15) is 0 Å². The van der Waals surface area contributed by atoms with Gasteiger partial charge in [-0.25, -0.2) is 9.59 Å². The standard InChI is InChI=1S/C27H34N2O6/c1-5-17(3)23(24(30)29-27(6-2,16-34-4)25(31)32)28-26(33)35-15-22-20-13-9-7-11-18(20)19-12-8-10-14-21(19)22/h7-14,17,22-23H,5-6,15-16H2,1-4H3,(H,28,33)(H,29,30)(H,31,32). The van der Waals surface area contributed by atoms with Gasteiger partial charge in [-0.1, -0.05) is 75.7 Å². The number of carbonyl (C=O) groups excluding carboxylic acids is 2. The lowest BCUT2D eigenvalue weighted by Crippen LogP contribution is -2.62. The molecule has 3 unspecified atom stereocenters. The smallest absolute Gasteiger partial charge is 0.407 e. The molecule has 35 heavy (non-hydrogen) atoms. The topological polar surface area (TPSA) is 114 Å². The molecule has 3 rings (SSSR count). The number of amides is 2. The Bertz CT molecular complexity index is 1030. The fourth-order valence-electron chi connectivity index (χ4n) is 4.52. The highest BCUT2D eigenvalue weighted by Gasteiger charge is 2.41. The first-order valence-corrected chi connectivity index (χ1v) is 11.9. The summed E-state index contributed by atoms with van der Waals surface area (Å²) in [6, 6.07) is 15.1. The Balaban J connectivity index is 1.72. The second-order valence-electron chi connectivity index (χ2n) is 9.00. The number of alkyl carbamates (subject to hydrolysis) is 1. The first-order chi connectivity index (χ1) is 16.8. The third-order valence-corrected chi connectivity index (χ3v) is 6.88. The van der Waals surface area contributed by atoms with E-state index in [2.05, 4.69) is 22.8 Å². The Morgan fingerprint density at radius 2 is 1.60 bits per heavy atom. The van der Waals surface area contributed by atoms with Gasteiger partial charge in [-0.05, 0) is 34.6 Å². The lowest BCUT2D eigenvalue weighted by molar-refractivity contribution is -0.151. The van der Waals surface area contributed by atoms with Crippen molar-refractivity contribution >= 4 is 18.0 Å². The third-order valence-electron chi connectivity index (χ3n) is 6.88. The summed E-state index contributed by atoms with van der Waals surface area (Å²) in [6.07, 6.45) is -0.00495. The average molecular weight is 483 g/mol. The SMILES string of the molecule is CCC(C)C(NC(=O)OCC1c2ccccc2-c2ccccc21)C(=O)NC(CC)(COC)C(=O)O. The maximum atomic E-state index is 13.1. The van der Waals surface area contributed by atoms with Crippen molar-refractivity contribution in [3.63, 3.8) is 0 Å². The zero-order chi connectivity index (χ0) is 25.6. The van der Waals surface area contributed by atoms with E-state index in [1.807, 2.05) is 50.2 Å². The van der Waals surface area contributed by atoms with Crippen LogP contribution < -0.4 is 10.6 Å². The molecule has 1 aliphatic rings. The first kappa shape index (κ1) is 26.2. The van der Waals surface area contributed by atoms with Gasteiger partial charge in [0, 0.05) is 13.0 Å². The number of hydrogen-bond donors (Lipinski definition) is 3. The van der Waals surface area contributed by atoms with Crippen LogP contribution in [0.5, 0.6) is 0 Å². The van der Waals surface area contributed by atoms with Crippen LogP contribution in [0.25, 0.3) is 11.1 Å². The number of aliphatic carboxylic acids is 1. The van der Waals surface area contributed by atoms with Crippen molar-refractivity contribution in [1.82, 2.24) is 10.6 Å². The maximum absolute atomic E-state index is 13.1. The molecular weight excluding hydrogens is 448 g/mol. The van der Waals surface area contributed by atoms with Crippen molar-refractivity contribution < 1.29 is 29.0 Å². The van der Waals surface area contributed by atoms with Gasteiger partial charge in [-0.15, -0.1) is 0 Å². The largest absolute Gasteiger partial charge is 0.479 e. The van der Waals surface area contributed by atoms with Crippen molar-refractivity contribution in [2.24, 2.45) is 5.92 Å². The van der Waals surface area contributed by atoms with Crippen molar-refractivity contribution in [3.8, 4) is 11.1 Å². The molecule has 8 nitrogen and oxygen atoms in total. The van der Waals surface area contributed by atoms with E-state index >= 15 is 0 Å². The highest BCUT2D eigenvalue weighted by atomic mass is 16.5. The monoisotopic (exact) mass is 482 g/mol. The molecule has 2 amide bonds. The minimum atomic E-state index is -1.58. The minimum absolute atomic E-state index is 0.106. The van der Waals surface area contributed by atoms with Gasteiger partial charge in [0.05, 0.1) is 6.61 Å². The van der Waals surface area contributed by atoms with Crippen molar-refractivity contribution in [2.75, 3.05) is 20.3 Å². The summed E-state index contributed by atoms with van der Waals surface area (Å²) in [5, 5.41) is 15.0. The molecule has 3 N–H and O–H groups in total. The van der Waals surface area contributed by atoms with Gasteiger partial charge < -0.3 is 25.2 Å². The Morgan fingerprint density at radius 1 is 1.03 bits per heavy atom. The number of carboxylic acids is 1. The summed E-state index contributed by atoms with van der Waals surface area (Å²) in [5.41, 5.74) is 2.84. The summed E-state index contributed by atoms with van der Waals surface area (Å²) in [7, 11) is 1.38. The van der Waals surface area contributed by atoms with E-state index in [0.717, 1.165) is 22.3 Å². The number of benzene rings is 2. The number of ether oxygens (including phenoxy) is 2. The second-order valence-corrected chi connectivity index (χ2v) is 9.00. The van der Waals surface area contributed by atoms with Crippen LogP contribution in [-0.4, -0.2) is 55.0 Å². The van der Waals surface area contributed by atoms with E-state index in [9.17, 15) is 19.5 Å². The third kappa shape index (κ3) is 5.48. The van der Waals surface area contributed by atoms with E-state index in [1.165, 1.54) is 7.11 Å². The quantitative estimate of drug-likeness (QED) is 0.447. The van der Waals surface area contributed by atoms with E-state index in [1.54, 1.807) is 6.92 Å². The Kier molecular flexibility index (Phi) is 8.51. The van der Waals surface area contributed by atoms with Crippen molar-refractivity contribution in [1.29, 1.82) is 0 Å². The van der Waals surface area contributed by atoms with E-state index < -0.39 is 29.6 Å². The molecule has 0 aliphatic heterocycles. The van der Waals surface area contributed by atoms with E-state index in [0.29, 0.717) is 6.42 Å². The van der Waals surface area contributed by atoms with Gasteiger partial charge in [0.15, 0.2) is 5.54 Å². The number of carbonyl (C=O) groups is 3. The van der Waals surface area contributed by atoms with Crippen LogP contribution in [0.15, 0.2) is 48.5 Å². The first-order valence-electron chi connectivity index (χ1n) is 11.9. The average Bonchev–Trinajstić information content (AvgIpc) is 3.18. The van der Waals surface area contributed by atoms with Gasteiger partial charge in [0.2, 0.25) is 5.91 Å². The number of methoxy groups -OCH3 is 1. The zero-order valence-corrected chi connectivity index (χ0v) is 20.7. The van der Waals surface area contributed by atoms with Crippen LogP contribution in [0.3, 0.4) is 0 Å². The van der Waals surface area contributed by atoms with Gasteiger partial charge >= 0.3 is 12.1 Å². The molecule has 0 radical (unpaired) electrons. The summed E-state index contributed by atoms with van der Waals surface area (Å²) in [6.45, 7) is 5.29. The van der Waals surface area contributed by atoms with Gasteiger partial charge in [-0.3, -0.25) is 4.79 Å². The molecule has 1 aliphatic carbocycles. The molecule has 0 fully saturated rings. The fourth-order valence-corrected chi connectivity index (χ4v) is 4.52. The summed E-state index contributed by atoms with van der Waals surface area (Å²) in [4.78, 5) is 37.8. The molecule has 0 saturated heterocycles. The molecule has 8 heteroatoms. The minimum Gasteiger partial charge on any atom is -0.479 e. The van der Waals surface area contributed by atoms with E-state index in [4.69, 9.17) is 9.47 Å². The molecule has 2 aromatic carbocycles.